The SMILES string of the molecule is COC(=O)c1cc(NC(=O)c2cccc(CN3C(=O)CSC3=O)c2)ccc1Cl. The van der Waals surface area contributed by atoms with Gasteiger partial charge in [0.1, 0.15) is 0 Å². The van der Waals surface area contributed by atoms with Crippen LogP contribution in [0.15, 0.2) is 42.5 Å². The largest absolute Gasteiger partial charge is 0.465 e. The van der Waals surface area contributed by atoms with E-state index in [1.165, 1.54) is 19.2 Å². The molecule has 2 aromatic carbocycles. The molecule has 0 spiro atoms. The molecule has 2 aromatic rings. The molecule has 0 aliphatic carbocycles. The van der Waals surface area contributed by atoms with Crippen molar-refractivity contribution in [1.82, 2.24) is 4.90 Å². The molecule has 144 valence electrons. The number of esters is 1. The van der Waals surface area contributed by atoms with E-state index < -0.39 is 11.9 Å². The number of hydrogen-bond acceptors (Lipinski definition) is 6. The molecule has 0 unspecified atom stereocenters. The molecular formula is C19H15ClN2O5S. The molecule has 1 heterocycles. The number of imide groups is 1. The van der Waals surface area contributed by atoms with Gasteiger partial charge in [0, 0.05) is 11.3 Å². The minimum absolute atomic E-state index is 0.110. The summed E-state index contributed by atoms with van der Waals surface area (Å²) in [5, 5.41) is 2.60. The molecule has 3 amide bonds. The average Bonchev–Trinajstić information content (AvgIpc) is 3.01. The number of methoxy groups -OCH3 is 1. The predicted octanol–water partition coefficient (Wildman–Crippen LogP) is 3.57. The number of nitrogens with one attached hydrogen (secondary N) is 1. The number of halogens is 1. The second-order valence-corrected chi connectivity index (χ2v) is 7.21. The normalized spacial score (nSPS) is 13.6. The maximum atomic E-state index is 12.6. The molecule has 0 bridgehead atoms. The van der Waals surface area contributed by atoms with Crippen molar-refractivity contribution < 1.29 is 23.9 Å². The number of rotatable bonds is 5. The fourth-order valence-corrected chi connectivity index (χ4v) is 3.52. The quantitative estimate of drug-likeness (QED) is 0.746. The summed E-state index contributed by atoms with van der Waals surface area (Å²) in [5.74, 6) is -1.13. The monoisotopic (exact) mass is 418 g/mol. The van der Waals surface area contributed by atoms with Crippen LogP contribution in [0.3, 0.4) is 0 Å². The maximum Gasteiger partial charge on any atom is 0.339 e. The van der Waals surface area contributed by atoms with E-state index in [2.05, 4.69) is 10.1 Å². The van der Waals surface area contributed by atoms with E-state index in [-0.39, 0.29) is 34.0 Å². The number of ether oxygens (including phenoxy) is 1. The Morgan fingerprint density at radius 3 is 2.68 bits per heavy atom. The summed E-state index contributed by atoms with van der Waals surface area (Å²) in [6.07, 6.45) is 0. The molecule has 1 fully saturated rings. The first-order valence-electron chi connectivity index (χ1n) is 8.14. The zero-order chi connectivity index (χ0) is 20.3. The number of nitrogens with zero attached hydrogens (tertiary/aromatic N) is 1. The summed E-state index contributed by atoms with van der Waals surface area (Å²) >= 11 is 6.94. The van der Waals surface area contributed by atoms with Crippen LogP contribution in [0, 0.1) is 0 Å². The molecule has 1 N–H and O–H groups in total. The number of carbonyl (C=O) groups excluding carboxylic acids is 4. The number of thioether (sulfide) groups is 1. The van der Waals surface area contributed by atoms with Gasteiger partial charge in [-0.3, -0.25) is 19.3 Å². The molecule has 7 nitrogen and oxygen atoms in total. The van der Waals surface area contributed by atoms with Crippen LogP contribution in [0.2, 0.25) is 5.02 Å². The molecule has 0 aromatic heterocycles. The number of anilines is 1. The standard InChI is InChI=1S/C19H15ClN2O5S/c1-27-18(25)14-8-13(5-6-15(14)20)21-17(24)12-4-2-3-11(7-12)9-22-16(23)10-28-19(22)26/h2-8H,9-10H2,1H3,(H,21,24). The molecule has 0 radical (unpaired) electrons. The third-order valence-corrected chi connectivity index (χ3v) is 5.19. The molecule has 28 heavy (non-hydrogen) atoms. The van der Waals surface area contributed by atoms with E-state index in [4.69, 9.17) is 11.6 Å². The Morgan fingerprint density at radius 1 is 1.21 bits per heavy atom. The Bertz CT molecular complexity index is 963. The average molecular weight is 419 g/mol. The van der Waals surface area contributed by atoms with Crippen molar-refractivity contribution in [2.75, 3.05) is 18.2 Å². The first kappa shape index (κ1) is 19.9. The van der Waals surface area contributed by atoms with E-state index >= 15 is 0 Å². The van der Waals surface area contributed by atoms with E-state index in [9.17, 15) is 19.2 Å². The van der Waals surface area contributed by atoms with Gasteiger partial charge in [0.2, 0.25) is 5.91 Å². The summed E-state index contributed by atoms with van der Waals surface area (Å²) in [6, 6.07) is 11.1. The van der Waals surface area contributed by atoms with Gasteiger partial charge in [-0.05, 0) is 35.9 Å². The smallest absolute Gasteiger partial charge is 0.339 e. The van der Waals surface area contributed by atoms with Gasteiger partial charge in [-0.15, -0.1) is 0 Å². The summed E-state index contributed by atoms with van der Waals surface area (Å²) < 4.78 is 4.66. The molecule has 1 aliphatic rings. The zero-order valence-electron chi connectivity index (χ0n) is 14.7. The van der Waals surface area contributed by atoms with E-state index in [1.54, 1.807) is 30.3 Å². The Kier molecular flexibility index (Phi) is 6.01. The molecule has 1 saturated heterocycles. The van der Waals surface area contributed by atoms with Gasteiger partial charge in [0.15, 0.2) is 0 Å². The minimum Gasteiger partial charge on any atom is -0.465 e. The Labute approximate surface area is 170 Å². The molecule has 0 atom stereocenters. The topological polar surface area (TPSA) is 92.8 Å². The van der Waals surface area contributed by atoms with Crippen LogP contribution in [0.4, 0.5) is 10.5 Å². The van der Waals surface area contributed by atoms with Gasteiger partial charge < -0.3 is 10.1 Å². The summed E-state index contributed by atoms with van der Waals surface area (Å²) in [4.78, 5) is 48.9. The first-order chi connectivity index (χ1) is 13.4. The van der Waals surface area contributed by atoms with E-state index in [0.717, 1.165) is 16.7 Å². The van der Waals surface area contributed by atoms with Gasteiger partial charge >= 0.3 is 5.97 Å². The lowest BCUT2D eigenvalue weighted by Crippen LogP contribution is -2.28. The van der Waals surface area contributed by atoms with Gasteiger partial charge in [-0.1, -0.05) is 35.5 Å². The Hall–Kier alpha value is -2.84. The van der Waals surface area contributed by atoms with Crippen molar-refractivity contribution in [3.63, 3.8) is 0 Å². The van der Waals surface area contributed by atoms with Crippen LogP contribution in [-0.4, -0.2) is 40.8 Å². The van der Waals surface area contributed by atoms with E-state index in [1.807, 2.05) is 0 Å². The van der Waals surface area contributed by atoms with Crippen molar-refractivity contribution in [1.29, 1.82) is 0 Å². The van der Waals surface area contributed by atoms with Gasteiger partial charge in [0.05, 0.1) is 30.0 Å². The first-order valence-corrected chi connectivity index (χ1v) is 9.50. The second-order valence-electron chi connectivity index (χ2n) is 5.88. The number of amides is 3. The third-order valence-electron chi connectivity index (χ3n) is 4.00. The lowest BCUT2D eigenvalue weighted by atomic mass is 10.1. The Morgan fingerprint density at radius 2 is 2.00 bits per heavy atom. The van der Waals surface area contributed by atoms with Gasteiger partial charge in [0.25, 0.3) is 11.1 Å². The van der Waals surface area contributed by atoms with Crippen LogP contribution in [-0.2, 0) is 16.1 Å². The second kappa shape index (κ2) is 8.45. The summed E-state index contributed by atoms with van der Waals surface area (Å²) in [5.41, 5.74) is 1.52. The van der Waals surface area contributed by atoms with Gasteiger partial charge in [-0.2, -0.15) is 0 Å². The highest BCUT2D eigenvalue weighted by molar-refractivity contribution is 8.14. The van der Waals surface area contributed by atoms with Crippen LogP contribution in [0.25, 0.3) is 0 Å². The van der Waals surface area contributed by atoms with Crippen molar-refractivity contribution in [2.45, 2.75) is 6.54 Å². The lowest BCUT2D eigenvalue weighted by Gasteiger charge is -2.13. The molecule has 9 heteroatoms. The fraction of sp³-hybridized carbons (Fsp3) is 0.158. The zero-order valence-corrected chi connectivity index (χ0v) is 16.3. The molecular weight excluding hydrogens is 404 g/mol. The minimum atomic E-state index is -0.610. The number of benzene rings is 2. The van der Waals surface area contributed by atoms with Gasteiger partial charge in [-0.25, -0.2) is 4.79 Å². The molecule has 0 saturated carbocycles. The highest BCUT2D eigenvalue weighted by Gasteiger charge is 2.29. The van der Waals surface area contributed by atoms with Crippen LogP contribution in [0.5, 0.6) is 0 Å². The third kappa shape index (κ3) is 4.35. The highest BCUT2D eigenvalue weighted by atomic mass is 35.5. The molecule has 1 aliphatic heterocycles. The number of hydrogen-bond donors (Lipinski definition) is 1. The predicted molar refractivity (Wildman–Crippen MR) is 106 cm³/mol. The van der Waals surface area contributed by atoms with E-state index in [0.29, 0.717) is 16.8 Å². The number of carbonyl (C=O) groups is 4. The summed E-state index contributed by atoms with van der Waals surface area (Å²) in [6.45, 7) is 0.110. The van der Waals surface area contributed by atoms with Crippen LogP contribution >= 0.6 is 23.4 Å². The van der Waals surface area contributed by atoms with Crippen LogP contribution < -0.4 is 5.32 Å². The molecule has 3 rings (SSSR count). The Balaban J connectivity index is 1.76. The van der Waals surface area contributed by atoms with Crippen molar-refractivity contribution in [2.24, 2.45) is 0 Å². The highest BCUT2D eigenvalue weighted by Crippen LogP contribution is 2.23. The van der Waals surface area contributed by atoms with Crippen molar-refractivity contribution in [3.8, 4) is 0 Å². The summed E-state index contributed by atoms with van der Waals surface area (Å²) in [7, 11) is 1.24. The van der Waals surface area contributed by atoms with Crippen molar-refractivity contribution in [3.05, 3.63) is 64.2 Å². The fourth-order valence-electron chi connectivity index (χ4n) is 2.60. The lowest BCUT2D eigenvalue weighted by molar-refractivity contribution is -0.125. The maximum absolute atomic E-state index is 12.6. The van der Waals surface area contributed by atoms with Crippen molar-refractivity contribution >= 4 is 52.1 Å². The van der Waals surface area contributed by atoms with Crippen LogP contribution in [0.1, 0.15) is 26.3 Å².